The average Bonchev–Trinajstić information content (AvgIpc) is 3.31. The molecule has 0 bridgehead atoms. The van der Waals surface area contributed by atoms with Gasteiger partial charge in [-0.15, -0.1) is 0 Å². The van der Waals surface area contributed by atoms with Gasteiger partial charge in [0.15, 0.2) is 23.7 Å². The highest BCUT2D eigenvalue weighted by atomic mass is 16.6. The minimum Gasteiger partial charge on any atom is -0.493 e. The Morgan fingerprint density at radius 1 is 1.12 bits per heavy atom. The van der Waals surface area contributed by atoms with E-state index < -0.39 is 47.2 Å². The normalized spacial score (nSPS) is 26.7. The molecule has 0 unspecified atom stereocenters. The monoisotopic (exact) mass is 579 g/mol. The summed E-state index contributed by atoms with van der Waals surface area (Å²) in [4.78, 5) is 40.1. The Balaban J connectivity index is 1.41. The number of carbonyl (C=O) groups excluding carboxylic acids is 3. The zero-order valence-corrected chi connectivity index (χ0v) is 24.7. The lowest BCUT2D eigenvalue weighted by atomic mass is 9.54. The molecule has 1 heterocycles. The molecule has 0 spiro atoms. The number of carbonyl (C=O) groups is 3. The van der Waals surface area contributed by atoms with E-state index in [1.807, 2.05) is 33.0 Å². The van der Waals surface area contributed by atoms with Crippen molar-refractivity contribution in [3.8, 4) is 11.5 Å². The van der Waals surface area contributed by atoms with E-state index in [9.17, 15) is 19.5 Å². The van der Waals surface area contributed by atoms with E-state index >= 15 is 0 Å². The third-order valence-electron chi connectivity index (χ3n) is 8.92. The molecule has 10 heteroatoms. The molecule has 0 fully saturated rings. The Hall–Kier alpha value is -3.89. The first-order valence-electron chi connectivity index (χ1n) is 14.1. The molecule has 224 valence electrons. The molecule has 0 saturated carbocycles. The second-order valence-electron chi connectivity index (χ2n) is 11.3. The van der Waals surface area contributed by atoms with Crippen LogP contribution < -0.4 is 9.47 Å². The number of hydrogen-bond acceptors (Lipinski definition) is 10. The first-order valence-corrected chi connectivity index (χ1v) is 14.1. The van der Waals surface area contributed by atoms with Crippen LogP contribution in [0.2, 0.25) is 0 Å². The fourth-order valence-corrected chi connectivity index (χ4v) is 6.57. The molecule has 0 aromatic heterocycles. The van der Waals surface area contributed by atoms with Crippen molar-refractivity contribution in [3.05, 3.63) is 71.0 Å². The second-order valence-corrected chi connectivity index (χ2v) is 11.3. The van der Waals surface area contributed by atoms with Crippen molar-refractivity contribution in [1.29, 1.82) is 0 Å². The van der Waals surface area contributed by atoms with E-state index in [2.05, 4.69) is 4.90 Å². The Morgan fingerprint density at radius 3 is 2.48 bits per heavy atom. The van der Waals surface area contributed by atoms with Gasteiger partial charge in [0.05, 0.1) is 18.1 Å². The second kappa shape index (κ2) is 11.1. The molecule has 0 radical (unpaired) electrons. The van der Waals surface area contributed by atoms with Crippen LogP contribution in [0.4, 0.5) is 0 Å². The van der Waals surface area contributed by atoms with Gasteiger partial charge in [-0.1, -0.05) is 43.3 Å². The number of nitrogens with zero attached hydrogens (tertiary/aromatic N) is 1. The molecule has 2 aromatic carbocycles. The summed E-state index contributed by atoms with van der Waals surface area (Å²) in [6.07, 6.45) is -0.972. The molecule has 0 saturated heterocycles. The highest BCUT2D eigenvalue weighted by molar-refractivity contribution is 5.84. The molecular weight excluding hydrogens is 542 g/mol. The maximum absolute atomic E-state index is 13.3. The van der Waals surface area contributed by atoms with Crippen molar-refractivity contribution in [2.75, 3.05) is 20.7 Å². The minimum atomic E-state index is -1.34. The van der Waals surface area contributed by atoms with Crippen molar-refractivity contribution in [3.63, 3.8) is 0 Å². The van der Waals surface area contributed by atoms with Crippen molar-refractivity contribution < 1.29 is 43.2 Å². The molecule has 2 aromatic rings. The number of esters is 3. The Bertz CT molecular complexity index is 1420. The van der Waals surface area contributed by atoms with Crippen LogP contribution in [0.1, 0.15) is 56.9 Å². The largest absolute Gasteiger partial charge is 0.493 e. The van der Waals surface area contributed by atoms with Gasteiger partial charge in [-0.05, 0) is 51.6 Å². The van der Waals surface area contributed by atoms with Gasteiger partial charge >= 0.3 is 17.9 Å². The van der Waals surface area contributed by atoms with E-state index in [0.29, 0.717) is 23.5 Å². The van der Waals surface area contributed by atoms with Crippen LogP contribution in [0.3, 0.4) is 0 Å². The fraction of sp³-hybridized carbons (Fsp3) is 0.469. The summed E-state index contributed by atoms with van der Waals surface area (Å²) < 4.78 is 28.5. The SMILES string of the molecule is CCN(C)[C@@H]1Cc2ccc(OC)c3c2[C@@]2(C)[C@@H](O3)C(OC(=O)[C@H](C)OC(=O)[C@@H](OC(C)=O)c3ccccc3)=CC[C@@]12O. The standard InChI is InChI=1S/C32H37NO9/c1-7-33(5)24-17-21-13-14-22(38-6)27-25(21)31(4)28(42-27)23(15-16-32(24,31)37)41-29(35)18(2)39-30(36)26(40-19(3)34)20-11-9-8-10-12-20/h8-15,18,24,26,28,37H,7,16-17H2,1-6H3/t18-,24+,26-,28-,31-,32+/m0/s1. The van der Waals surface area contributed by atoms with Crippen LogP contribution in [0.25, 0.3) is 0 Å². The third kappa shape index (κ3) is 4.62. The van der Waals surface area contributed by atoms with Crippen LogP contribution in [0.5, 0.6) is 11.5 Å². The van der Waals surface area contributed by atoms with Gasteiger partial charge in [0, 0.05) is 30.5 Å². The lowest BCUT2D eigenvalue weighted by molar-refractivity contribution is -0.178. The zero-order valence-electron chi connectivity index (χ0n) is 24.7. The Labute approximate surface area is 245 Å². The summed E-state index contributed by atoms with van der Waals surface area (Å²) in [6, 6.07) is 12.0. The first kappa shape index (κ1) is 29.6. The van der Waals surface area contributed by atoms with E-state index in [-0.39, 0.29) is 18.2 Å². The lowest BCUT2D eigenvalue weighted by Gasteiger charge is -2.56. The Morgan fingerprint density at radius 2 is 1.83 bits per heavy atom. The molecule has 1 N–H and O–H groups in total. The topological polar surface area (TPSA) is 121 Å². The van der Waals surface area contributed by atoms with Crippen molar-refractivity contribution in [1.82, 2.24) is 4.90 Å². The highest BCUT2D eigenvalue weighted by Gasteiger charge is 2.68. The van der Waals surface area contributed by atoms with Crippen LogP contribution in [0.15, 0.2) is 54.3 Å². The summed E-state index contributed by atoms with van der Waals surface area (Å²) in [5.41, 5.74) is 0.109. The van der Waals surface area contributed by atoms with E-state index in [1.54, 1.807) is 43.5 Å². The van der Waals surface area contributed by atoms with Crippen molar-refractivity contribution in [2.45, 2.75) is 75.9 Å². The first-order chi connectivity index (χ1) is 20.0. The quantitative estimate of drug-likeness (QED) is 0.350. The number of hydrogen-bond donors (Lipinski definition) is 1. The Kier molecular flexibility index (Phi) is 7.80. The number of methoxy groups -OCH3 is 1. The number of ether oxygens (including phenoxy) is 5. The summed E-state index contributed by atoms with van der Waals surface area (Å²) in [5.74, 6) is -1.14. The molecule has 42 heavy (non-hydrogen) atoms. The predicted molar refractivity (Wildman–Crippen MR) is 151 cm³/mol. The van der Waals surface area contributed by atoms with E-state index in [0.717, 1.165) is 17.7 Å². The van der Waals surface area contributed by atoms with Gasteiger partial charge in [-0.25, -0.2) is 9.59 Å². The highest BCUT2D eigenvalue weighted by Crippen LogP contribution is 2.62. The van der Waals surface area contributed by atoms with Gasteiger partial charge in [-0.2, -0.15) is 0 Å². The van der Waals surface area contributed by atoms with Gasteiger partial charge in [0.1, 0.15) is 5.76 Å². The van der Waals surface area contributed by atoms with Gasteiger partial charge < -0.3 is 33.7 Å². The third-order valence-corrected chi connectivity index (χ3v) is 8.92. The van der Waals surface area contributed by atoms with Gasteiger partial charge in [0.2, 0.25) is 6.10 Å². The molecule has 10 nitrogen and oxygen atoms in total. The summed E-state index contributed by atoms with van der Waals surface area (Å²) in [7, 11) is 3.54. The molecule has 0 amide bonds. The maximum Gasteiger partial charge on any atom is 0.353 e. The molecule has 5 rings (SSSR count). The van der Waals surface area contributed by atoms with Crippen molar-refractivity contribution in [2.24, 2.45) is 0 Å². The summed E-state index contributed by atoms with van der Waals surface area (Å²) >= 11 is 0. The average molecular weight is 580 g/mol. The smallest absolute Gasteiger partial charge is 0.353 e. The minimum absolute atomic E-state index is 0.213. The molecule has 3 aliphatic rings. The maximum atomic E-state index is 13.3. The van der Waals surface area contributed by atoms with Crippen LogP contribution >= 0.6 is 0 Å². The number of likely N-dealkylation sites (N-methyl/N-ethyl adjacent to an activating group) is 1. The van der Waals surface area contributed by atoms with Crippen LogP contribution in [0, 0.1) is 0 Å². The zero-order chi connectivity index (χ0) is 30.4. The molecule has 1 aliphatic heterocycles. The predicted octanol–water partition coefficient (Wildman–Crippen LogP) is 3.39. The molecular formula is C32H37NO9. The fourth-order valence-electron chi connectivity index (χ4n) is 6.57. The van der Waals surface area contributed by atoms with E-state index in [4.69, 9.17) is 23.7 Å². The summed E-state index contributed by atoms with van der Waals surface area (Å²) in [5, 5.41) is 12.4. The van der Waals surface area contributed by atoms with Crippen LogP contribution in [-0.4, -0.2) is 72.5 Å². The van der Waals surface area contributed by atoms with Crippen LogP contribution in [-0.2, 0) is 40.4 Å². The lowest BCUT2D eigenvalue weighted by Crippen LogP contribution is -2.69. The number of rotatable bonds is 9. The number of benzene rings is 2. The molecule has 2 aliphatic carbocycles. The van der Waals surface area contributed by atoms with Crippen molar-refractivity contribution >= 4 is 17.9 Å². The van der Waals surface area contributed by atoms with E-state index in [1.165, 1.54) is 13.8 Å². The number of aliphatic hydroxyl groups is 1. The van der Waals surface area contributed by atoms with Gasteiger partial charge in [-0.3, -0.25) is 4.79 Å². The summed E-state index contributed by atoms with van der Waals surface area (Å²) in [6.45, 7) is 7.29. The molecule has 6 atom stereocenters. The van der Waals surface area contributed by atoms with Gasteiger partial charge in [0.25, 0.3) is 0 Å².